The van der Waals surface area contributed by atoms with E-state index in [1.165, 1.54) is 6.92 Å². The highest BCUT2D eigenvalue weighted by molar-refractivity contribution is 7.52. The summed E-state index contributed by atoms with van der Waals surface area (Å²) in [6.07, 6.45) is -0.296. The molecule has 0 aromatic heterocycles. The molecule has 4 atom stereocenters. The van der Waals surface area contributed by atoms with Crippen LogP contribution in [0.2, 0.25) is 0 Å². The Morgan fingerprint density at radius 2 is 1.97 bits per heavy atom. The van der Waals surface area contributed by atoms with Gasteiger partial charge in [-0.1, -0.05) is 18.2 Å². The fourth-order valence-electron chi connectivity index (χ4n) is 2.48. The van der Waals surface area contributed by atoms with Gasteiger partial charge >= 0.3 is 13.7 Å². The van der Waals surface area contributed by atoms with Crippen molar-refractivity contribution in [3.05, 3.63) is 42.4 Å². The third-order valence-corrected chi connectivity index (χ3v) is 5.77. The van der Waals surface area contributed by atoms with Crippen molar-refractivity contribution in [3.63, 3.8) is 0 Å². The SMILES string of the molecule is CC(C)OC(=O)[C@H](C)NP(=O)(OC[C@H]1OCCC1O)Oc1ccccc1.NC(=O)/C(F)=C\NC=O. The lowest BCUT2D eigenvalue weighted by atomic mass is 10.2. The lowest BCUT2D eigenvalue weighted by Crippen LogP contribution is -2.37. The van der Waals surface area contributed by atoms with Gasteiger partial charge in [-0.25, -0.2) is 4.57 Å². The molecule has 5 N–H and O–H groups in total. The summed E-state index contributed by atoms with van der Waals surface area (Å²) < 4.78 is 46.4. The van der Waals surface area contributed by atoms with E-state index in [9.17, 15) is 28.4 Å². The van der Waals surface area contributed by atoms with Gasteiger partial charge in [0, 0.05) is 12.8 Å². The summed E-state index contributed by atoms with van der Waals surface area (Å²) in [6, 6.07) is 7.56. The van der Waals surface area contributed by atoms with Crippen LogP contribution >= 0.6 is 7.75 Å². The van der Waals surface area contributed by atoms with Gasteiger partial charge in [0.15, 0.2) is 0 Å². The number of aliphatic hydroxyl groups excluding tert-OH is 1. The van der Waals surface area contributed by atoms with Gasteiger partial charge < -0.3 is 30.2 Å². The molecule has 0 bridgehead atoms. The van der Waals surface area contributed by atoms with Gasteiger partial charge in [-0.3, -0.25) is 18.9 Å². The lowest BCUT2D eigenvalue weighted by molar-refractivity contribution is -0.149. The zero-order valence-electron chi connectivity index (χ0n) is 19.6. The van der Waals surface area contributed by atoms with Crippen LogP contribution in [0.15, 0.2) is 42.4 Å². The zero-order chi connectivity index (χ0) is 26.4. The lowest BCUT2D eigenvalue weighted by Gasteiger charge is -2.24. The smallest absolute Gasteiger partial charge is 0.459 e. The number of hydrogen-bond donors (Lipinski definition) is 4. The molecule has 1 aliphatic rings. The minimum absolute atomic E-state index is 0.135. The maximum absolute atomic E-state index is 13.1. The second-order valence-corrected chi connectivity index (χ2v) is 9.13. The van der Waals surface area contributed by atoms with Crippen LogP contribution in [0.25, 0.3) is 0 Å². The van der Waals surface area contributed by atoms with Crippen molar-refractivity contribution in [1.29, 1.82) is 0 Å². The predicted octanol–water partition coefficient (Wildman–Crippen LogP) is 1.30. The van der Waals surface area contributed by atoms with Crippen molar-refractivity contribution in [2.45, 2.75) is 51.5 Å². The molecule has 12 nitrogen and oxygen atoms in total. The summed E-state index contributed by atoms with van der Waals surface area (Å²) in [6.45, 7) is 5.23. The molecule has 0 radical (unpaired) electrons. The van der Waals surface area contributed by atoms with Gasteiger partial charge in [-0.05, 0) is 39.3 Å². The molecule has 1 aliphatic heterocycles. The average Bonchev–Trinajstić information content (AvgIpc) is 3.21. The Bertz CT molecular complexity index is 901. The van der Waals surface area contributed by atoms with Crippen LogP contribution in [0.5, 0.6) is 5.75 Å². The predicted molar refractivity (Wildman–Crippen MR) is 122 cm³/mol. The standard InChI is InChI=1S/C17H26NO7P.C4H5FN2O2/c1-12(2)24-17(20)13(3)18-26(21,25-14-7-5-4-6-8-14)23-11-16-15(19)9-10-22-16;5-3(4(6)9)1-7-2-8/h4-8,12-13,15-16,19H,9-11H2,1-3H3,(H,18,21);1-2H,(H2,6,9)(H,7,8)/b;3-1+/t13-,15?,16+,26?;/m0./s1. The molecule has 2 amide bonds. The number of esters is 1. The molecule has 2 unspecified atom stereocenters. The molecule has 1 aromatic rings. The summed E-state index contributed by atoms with van der Waals surface area (Å²) in [5.74, 6) is -2.63. The Hall–Kier alpha value is -2.83. The van der Waals surface area contributed by atoms with Crippen LogP contribution < -0.4 is 20.7 Å². The number of carbonyl (C=O) groups is 3. The first-order valence-electron chi connectivity index (χ1n) is 10.6. The molecule has 0 spiro atoms. The van der Waals surface area contributed by atoms with Crippen LogP contribution in [-0.2, 0) is 32.9 Å². The summed E-state index contributed by atoms with van der Waals surface area (Å²) in [5.41, 5.74) is 4.44. The van der Waals surface area contributed by atoms with E-state index >= 15 is 0 Å². The first kappa shape index (κ1) is 30.2. The highest BCUT2D eigenvalue weighted by atomic mass is 31.2. The normalized spacial score (nSPS) is 20.1. The number of benzene rings is 1. The molecule has 35 heavy (non-hydrogen) atoms. The maximum atomic E-state index is 13.1. The van der Waals surface area contributed by atoms with Gasteiger partial charge in [0.25, 0.3) is 5.91 Å². The Morgan fingerprint density at radius 3 is 2.49 bits per heavy atom. The van der Waals surface area contributed by atoms with Crippen LogP contribution in [0, 0.1) is 0 Å². The van der Waals surface area contributed by atoms with Crippen LogP contribution in [0.4, 0.5) is 4.39 Å². The topological polar surface area (TPSA) is 176 Å². The van der Waals surface area contributed by atoms with Crippen LogP contribution in [0.1, 0.15) is 27.2 Å². The number of amides is 2. The third-order valence-electron chi connectivity index (χ3n) is 4.12. The number of nitrogens with one attached hydrogen (secondary N) is 2. The van der Waals surface area contributed by atoms with Gasteiger partial charge in [-0.2, -0.15) is 9.48 Å². The van der Waals surface area contributed by atoms with E-state index in [1.807, 2.05) is 5.32 Å². The number of ether oxygens (including phenoxy) is 2. The molecule has 196 valence electrons. The summed E-state index contributed by atoms with van der Waals surface area (Å²) in [7, 11) is -3.92. The maximum Gasteiger partial charge on any atom is 0.459 e. The number of carbonyl (C=O) groups excluding carboxylic acids is 3. The van der Waals surface area contributed by atoms with Crippen molar-refractivity contribution in [2.24, 2.45) is 5.73 Å². The second kappa shape index (κ2) is 15.2. The number of rotatable bonds is 12. The first-order valence-corrected chi connectivity index (χ1v) is 12.1. The Kier molecular flexibility index (Phi) is 13.1. The van der Waals surface area contributed by atoms with Gasteiger partial charge in [0.2, 0.25) is 12.2 Å². The molecular weight excluding hydrogens is 488 g/mol. The number of nitrogens with two attached hydrogens (primary N) is 1. The van der Waals surface area contributed by atoms with Crippen molar-refractivity contribution >= 4 is 26.0 Å². The van der Waals surface area contributed by atoms with E-state index in [1.54, 1.807) is 44.2 Å². The minimum atomic E-state index is -3.92. The first-order chi connectivity index (χ1) is 16.5. The molecule has 1 heterocycles. The second-order valence-electron chi connectivity index (χ2n) is 7.44. The Balaban J connectivity index is 0.000000579. The average molecular weight is 519 g/mol. The molecule has 0 aliphatic carbocycles. The molecule has 1 aromatic carbocycles. The number of aliphatic hydroxyl groups is 1. The molecule has 14 heteroatoms. The third kappa shape index (κ3) is 11.9. The fourth-order valence-corrected chi connectivity index (χ4v) is 3.98. The van der Waals surface area contributed by atoms with Gasteiger partial charge in [0.05, 0.1) is 18.8 Å². The minimum Gasteiger partial charge on any atom is -0.462 e. The monoisotopic (exact) mass is 519 g/mol. The number of primary amides is 1. The quantitative estimate of drug-likeness (QED) is 0.136. The fraction of sp³-hybridized carbons (Fsp3) is 0.476. The van der Waals surface area contributed by atoms with Crippen LogP contribution in [0.3, 0.4) is 0 Å². The van der Waals surface area contributed by atoms with Crippen molar-refractivity contribution < 1.29 is 47.0 Å². The molecule has 1 saturated heterocycles. The summed E-state index contributed by atoms with van der Waals surface area (Å²) in [4.78, 5) is 31.3. The van der Waals surface area contributed by atoms with Gasteiger partial charge in [0.1, 0.15) is 17.9 Å². The van der Waals surface area contributed by atoms with E-state index in [0.29, 0.717) is 25.0 Å². The number of para-hydroxylation sites is 1. The zero-order valence-corrected chi connectivity index (χ0v) is 20.5. The largest absolute Gasteiger partial charge is 0.462 e. The van der Waals surface area contributed by atoms with E-state index in [-0.39, 0.29) is 19.1 Å². The summed E-state index contributed by atoms with van der Waals surface area (Å²) in [5, 5.41) is 14.2. The number of hydrogen-bond acceptors (Lipinski definition) is 9. The number of halogens is 1. The molecule has 2 rings (SSSR count). The molecule has 0 saturated carbocycles. The highest BCUT2D eigenvalue weighted by Crippen LogP contribution is 2.45. The summed E-state index contributed by atoms with van der Waals surface area (Å²) >= 11 is 0. The van der Waals surface area contributed by atoms with Crippen molar-refractivity contribution in [2.75, 3.05) is 13.2 Å². The van der Waals surface area contributed by atoms with Crippen molar-refractivity contribution in [3.8, 4) is 5.75 Å². The van der Waals surface area contributed by atoms with E-state index in [4.69, 9.17) is 18.5 Å². The van der Waals surface area contributed by atoms with Gasteiger partial charge in [-0.15, -0.1) is 0 Å². The van der Waals surface area contributed by atoms with E-state index < -0.39 is 43.7 Å². The highest BCUT2D eigenvalue weighted by Gasteiger charge is 2.35. The van der Waals surface area contributed by atoms with E-state index in [2.05, 4.69) is 10.8 Å². The van der Waals surface area contributed by atoms with E-state index in [0.717, 1.165) is 0 Å². The van der Waals surface area contributed by atoms with Crippen LogP contribution in [-0.4, -0.2) is 61.0 Å². The van der Waals surface area contributed by atoms with Crippen molar-refractivity contribution in [1.82, 2.24) is 10.4 Å². The molecule has 1 fully saturated rings. The Labute approximate surface area is 202 Å². The Morgan fingerprint density at radius 1 is 1.31 bits per heavy atom. The molecular formula is C21H31FN3O9P.